The van der Waals surface area contributed by atoms with Crippen LogP contribution in [0.4, 0.5) is 0 Å². The summed E-state index contributed by atoms with van der Waals surface area (Å²) in [5, 5.41) is 21.3. The summed E-state index contributed by atoms with van der Waals surface area (Å²) in [7, 11) is 4.11. The molecular weight excluding hydrogens is 308 g/mol. The van der Waals surface area contributed by atoms with Gasteiger partial charge in [0.15, 0.2) is 0 Å². The van der Waals surface area contributed by atoms with Gasteiger partial charge in [0, 0.05) is 37.0 Å². The second-order valence-electron chi connectivity index (χ2n) is 7.83. The number of aliphatic hydroxyl groups is 1. The van der Waals surface area contributed by atoms with Crippen LogP contribution in [0.25, 0.3) is 0 Å². The van der Waals surface area contributed by atoms with Crippen molar-refractivity contribution in [3.8, 4) is 0 Å². The zero-order chi connectivity index (χ0) is 17.6. The Bertz CT molecular complexity index is 443. The Morgan fingerprint density at radius 1 is 0.958 bits per heavy atom. The second kappa shape index (κ2) is 6.88. The van der Waals surface area contributed by atoms with Crippen LogP contribution >= 0.6 is 0 Å². The van der Waals surface area contributed by atoms with Crippen molar-refractivity contribution in [1.29, 1.82) is 0 Å². The minimum absolute atomic E-state index is 0.00347. The maximum absolute atomic E-state index is 12.3. The number of carboxylic acid groups (broad SMARTS) is 1. The second-order valence-corrected chi connectivity index (χ2v) is 7.83. The zero-order valence-corrected chi connectivity index (χ0v) is 15.3. The molecule has 0 amide bonds. The summed E-state index contributed by atoms with van der Waals surface area (Å²) in [5.74, 6) is -1.16. The van der Waals surface area contributed by atoms with Crippen LogP contribution in [0, 0.1) is 17.8 Å². The summed E-state index contributed by atoms with van der Waals surface area (Å²) >= 11 is 0. The van der Waals surface area contributed by atoms with Crippen molar-refractivity contribution in [3.63, 3.8) is 0 Å². The summed E-state index contributed by atoms with van der Waals surface area (Å²) < 4.78 is 0. The molecule has 2 heterocycles. The molecule has 1 aliphatic carbocycles. The molecule has 2 saturated heterocycles. The smallest absolute Gasteiger partial charge is 0.309 e. The number of nitrogens with zero attached hydrogens (tertiary/aromatic N) is 4. The summed E-state index contributed by atoms with van der Waals surface area (Å²) in [6.45, 7) is 8.88. The molecule has 0 aromatic rings. The van der Waals surface area contributed by atoms with E-state index >= 15 is 0 Å². The first kappa shape index (κ1) is 18.1. The summed E-state index contributed by atoms with van der Waals surface area (Å²) in [5.41, 5.74) is 0. The maximum Gasteiger partial charge on any atom is 0.309 e. The largest absolute Gasteiger partial charge is 0.481 e. The maximum atomic E-state index is 12.3. The highest BCUT2D eigenvalue weighted by molar-refractivity contribution is 5.72. The van der Waals surface area contributed by atoms with Crippen molar-refractivity contribution < 1.29 is 15.0 Å². The number of aliphatic carboxylic acids is 1. The fraction of sp³-hybridized carbons (Fsp3) is 0.941. The topological polar surface area (TPSA) is 70.5 Å². The fourth-order valence-corrected chi connectivity index (χ4v) is 5.44. The van der Waals surface area contributed by atoms with Crippen LogP contribution in [0.2, 0.25) is 0 Å². The first-order valence-corrected chi connectivity index (χ1v) is 9.15. The van der Waals surface area contributed by atoms with E-state index in [4.69, 9.17) is 0 Å². The highest BCUT2D eigenvalue weighted by Gasteiger charge is 2.58. The lowest BCUT2D eigenvalue weighted by Crippen LogP contribution is -2.74. The number of aliphatic hydroxyl groups excluding tert-OH is 1. The molecular formula is C17H32N4O3. The summed E-state index contributed by atoms with van der Waals surface area (Å²) in [6, 6.07) is -0.171. The lowest BCUT2D eigenvalue weighted by Gasteiger charge is -2.60. The molecule has 1 saturated carbocycles. The number of rotatable bonds is 3. The van der Waals surface area contributed by atoms with Gasteiger partial charge in [-0.1, -0.05) is 13.8 Å². The van der Waals surface area contributed by atoms with Crippen LogP contribution in [0.3, 0.4) is 0 Å². The van der Waals surface area contributed by atoms with Crippen molar-refractivity contribution in [2.75, 3.05) is 53.6 Å². The first-order chi connectivity index (χ1) is 11.4. The summed E-state index contributed by atoms with van der Waals surface area (Å²) in [4.78, 5) is 21.2. The molecule has 7 nitrogen and oxygen atoms in total. The van der Waals surface area contributed by atoms with E-state index in [2.05, 4.69) is 47.5 Å². The Hall–Kier alpha value is -0.730. The minimum Gasteiger partial charge on any atom is -0.481 e. The fourth-order valence-electron chi connectivity index (χ4n) is 5.44. The van der Waals surface area contributed by atoms with Gasteiger partial charge in [0.25, 0.3) is 0 Å². The molecule has 24 heavy (non-hydrogen) atoms. The number of carboxylic acids is 1. The molecule has 2 N–H and O–H groups in total. The van der Waals surface area contributed by atoms with E-state index in [0.717, 1.165) is 39.5 Å². The average molecular weight is 340 g/mol. The average Bonchev–Trinajstić information content (AvgIpc) is 2.54. The van der Waals surface area contributed by atoms with Crippen LogP contribution in [0.5, 0.6) is 0 Å². The van der Waals surface area contributed by atoms with Gasteiger partial charge in [-0.25, -0.2) is 0 Å². The van der Waals surface area contributed by atoms with Crippen LogP contribution in [-0.4, -0.2) is 108 Å². The van der Waals surface area contributed by atoms with Gasteiger partial charge in [0.05, 0.1) is 25.4 Å². The molecule has 0 aromatic heterocycles. The molecule has 3 fully saturated rings. The van der Waals surface area contributed by atoms with E-state index in [1.165, 1.54) is 0 Å². The third-order valence-corrected chi connectivity index (χ3v) is 6.32. The van der Waals surface area contributed by atoms with E-state index in [9.17, 15) is 15.0 Å². The molecule has 2 aliphatic heterocycles. The lowest BCUT2D eigenvalue weighted by molar-refractivity contribution is -0.188. The third-order valence-electron chi connectivity index (χ3n) is 6.32. The zero-order valence-electron chi connectivity index (χ0n) is 15.3. The van der Waals surface area contributed by atoms with E-state index in [1.54, 1.807) is 0 Å². The number of hydrogen-bond acceptors (Lipinski definition) is 6. The molecule has 0 aromatic carbocycles. The highest BCUT2D eigenvalue weighted by Crippen LogP contribution is 2.43. The van der Waals surface area contributed by atoms with Gasteiger partial charge in [-0.2, -0.15) is 0 Å². The van der Waals surface area contributed by atoms with Gasteiger partial charge < -0.3 is 10.2 Å². The van der Waals surface area contributed by atoms with Gasteiger partial charge in [0.1, 0.15) is 0 Å². The van der Waals surface area contributed by atoms with Crippen molar-refractivity contribution in [2.24, 2.45) is 17.8 Å². The summed E-state index contributed by atoms with van der Waals surface area (Å²) in [6.07, 6.45) is -0.454. The Balaban J connectivity index is 2.02. The van der Waals surface area contributed by atoms with Crippen molar-refractivity contribution in [3.05, 3.63) is 0 Å². The predicted molar refractivity (Wildman–Crippen MR) is 91.4 cm³/mol. The first-order valence-electron chi connectivity index (χ1n) is 9.15. The molecule has 0 bridgehead atoms. The quantitative estimate of drug-likeness (QED) is 0.716. The highest BCUT2D eigenvalue weighted by atomic mass is 16.4. The molecule has 4 atom stereocenters. The van der Waals surface area contributed by atoms with Crippen LogP contribution in [-0.2, 0) is 4.79 Å². The lowest BCUT2D eigenvalue weighted by atomic mass is 9.63. The Morgan fingerprint density at radius 3 is 1.71 bits per heavy atom. The third kappa shape index (κ3) is 2.86. The van der Waals surface area contributed by atoms with Crippen molar-refractivity contribution >= 4 is 5.97 Å². The van der Waals surface area contributed by atoms with Crippen molar-refractivity contribution in [1.82, 2.24) is 19.6 Å². The Morgan fingerprint density at radius 2 is 1.38 bits per heavy atom. The molecule has 138 valence electrons. The standard InChI is InChI=1S/C17H32N4O3/c1-5-20-9-18(3)7-11-14(20)13(17(23)24)15-12(16(11)22)8-19(4)10-21(15)6-2/h11-16,22H,5-10H2,1-4H3,(H,23,24). The van der Waals surface area contributed by atoms with Gasteiger partial charge >= 0.3 is 5.97 Å². The van der Waals surface area contributed by atoms with E-state index < -0.39 is 18.0 Å². The minimum atomic E-state index is -0.710. The van der Waals surface area contributed by atoms with Crippen LogP contribution in [0.1, 0.15) is 13.8 Å². The van der Waals surface area contributed by atoms with E-state index in [0.29, 0.717) is 0 Å². The molecule has 0 spiro atoms. The monoisotopic (exact) mass is 340 g/mol. The Kier molecular flexibility index (Phi) is 5.18. The molecule has 0 radical (unpaired) electrons. The van der Waals surface area contributed by atoms with E-state index in [1.807, 2.05) is 0 Å². The SMILES string of the molecule is CCN1CN(C)CC2C(O)C3CN(C)CN(CC)C3C(C(=O)O)C21. The normalized spacial score (nSPS) is 42.5. The number of hydrogen-bond donors (Lipinski definition) is 2. The Labute approximate surface area is 144 Å². The van der Waals surface area contributed by atoms with Crippen LogP contribution < -0.4 is 0 Å². The molecule has 3 rings (SSSR count). The molecule has 4 unspecified atom stereocenters. The van der Waals surface area contributed by atoms with Crippen molar-refractivity contribution in [2.45, 2.75) is 32.0 Å². The number of carbonyl (C=O) groups is 1. The van der Waals surface area contributed by atoms with Gasteiger partial charge in [0.2, 0.25) is 0 Å². The predicted octanol–water partition coefficient (Wildman–Crippen LogP) is -0.519. The van der Waals surface area contributed by atoms with E-state index in [-0.39, 0.29) is 23.9 Å². The van der Waals surface area contributed by atoms with Gasteiger partial charge in [-0.15, -0.1) is 0 Å². The van der Waals surface area contributed by atoms with Gasteiger partial charge in [-0.05, 0) is 27.2 Å². The van der Waals surface area contributed by atoms with Gasteiger partial charge in [-0.3, -0.25) is 24.4 Å². The number of fused-ring (bicyclic) bond motifs is 2. The van der Waals surface area contributed by atoms with Crippen LogP contribution in [0.15, 0.2) is 0 Å². The molecule has 3 aliphatic rings. The molecule has 7 heteroatoms.